The van der Waals surface area contributed by atoms with Gasteiger partial charge in [0.1, 0.15) is 16.9 Å². The van der Waals surface area contributed by atoms with Crippen LogP contribution < -0.4 is 29.0 Å². The van der Waals surface area contributed by atoms with Gasteiger partial charge in [0.05, 0.1) is 15.0 Å². The molecule has 2 aromatic heterocycles. The Balaban J connectivity index is 0.000000556. The number of fused-ring (bicyclic) bond motifs is 2. The number of nitro benzene ring substituents is 1. The molecule has 0 spiro atoms. The highest BCUT2D eigenvalue weighted by atomic mass is 35.7. The third-order valence-electron chi connectivity index (χ3n) is 5.08. The lowest BCUT2D eigenvalue weighted by Crippen LogP contribution is -2.68. The number of aromatic nitrogens is 1. The van der Waals surface area contributed by atoms with Crippen molar-refractivity contribution in [2.45, 2.75) is 13.8 Å². The van der Waals surface area contributed by atoms with Crippen molar-refractivity contribution in [1.29, 1.82) is 0 Å². The van der Waals surface area contributed by atoms with Gasteiger partial charge < -0.3 is 4.42 Å². The maximum atomic E-state index is 11.1. The van der Waals surface area contributed by atoms with Crippen LogP contribution in [0.15, 0.2) is 76.1 Å². The van der Waals surface area contributed by atoms with Crippen LogP contribution in [0.5, 0.6) is 0 Å². The minimum absolute atomic E-state index is 0.0653. The first-order valence-corrected chi connectivity index (χ1v) is 12.4. The van der Waals surface area contributed by atoms with Gasteiger partial charge in [-0.15, -0.1) is 10.2 Å². The van der Waals surface area contributed by atoms with Gasteiger partial charge in [-0.25, -0.2) is 23.6 Å². The predicted octanol–water partition coefficient (Wildman–Crippen LogP) is 1.13. The number of non-ortho nitro benzene ring substituents is 1. The summed E-state index contributed by atoms with van der Waals surface area (Å²) in [6.07, 6.45) is 0. The van der Waals surface area contributed by atoms with Crippen LogP contribution in [0, 0.1) is 34.2 Å². The van der Waals surface area contributed by atoms with Gasteiger partial charge in [0.2, 0.25) is 0 Å². The van der Waals surface area contributed by atoms with E-state index >= 15 is 0 Å². The SMILES string of the molecule is Cc1ccc(-c2c/c(=N\c3[nH+]c4ccc([N+](=O)[O-])cc4s3)c3cc(C)ccc3o2)cc1.[O-][Cl+3]([O-])([O-])[O-]. The second-order valence-electron chi connectivity index (χ2n) is 7.82. The number of hydrogen-bond acceptors (Lipinski definition) is 9. The highest BCUT2D eigenvalue weighted by Gasteiger charge is 2.16. The van der Waals surface area contributed by atoms with Gasteiger partial charge in [0.15, 0.2) is 5.36 Å². The van der Waals surface area contributed by atoms with Crippen molar-refractivity contribution >= 4 is 43.3 Å². The zero-order chi connectivity index (χ0) is 26.0. The quantitative estimate of drug-likeness (QED) is 0.249. The Bertz CT molecular complexity index is 1630. The molecule has 184 valence electrons. The first kappa shape index (κ1) is 25.4. The number of aryl methyl sites for hydroxylation is 2. The molecule has 10 nitrogen and oxygen atoms in total. The second kappa shape index (κ2) is 10.1. The van der Waals surface area contributed by atoms with E-state index < -0.39 is 15.2 Å². The number of thiazole rings is 1. The maximum absolute atomic E-state index is 11.1. The topological polar surface area (TPSA) is 175 Å². The first-order chi connectivity index (χ1) is 17.0. The molecule has 3 aromatic carbocycles. The standard InChI is InChI=1S/C24H17N3O3S.ClHO4/c1-14-3-6-16(7-4-14)22-13-20(18-11-15(2)5-10-21(18)30-22)26-24-25-19-9-8-17(27(28)29)12-23(19)31-24;2-1(3,4)5/h3-13H,1-2H3;(H,2,3,4,5)/b26-20+;. The molecule has 0 bridgehead atoms. The van der Waals surface area contributed by atoms with E-state index in [1.165, 1.54) is 23.0 Å². The van der Waals surface area contributed by atoms with E-state index in [0.717, 1.165) is 43.4 Å². The Morgan fingerprint density at radius 3 is 2.25 bits per heavy atom. The summed E-state index contributed by atoms with van der Waals surface area (Å²) in [6.45, 7) is 4.08. The molecule has 5 aromatic rings. The van der Waals surface area contributed by atoms with Crippen molar-refractivity contribution in [2.24, 2.45) is 4.99 Å². The molecule has 5 rings (SSSR count). The van der Waals surface area contributed by atoms with Crippen LogP contribution in [-0.2, 0) is 0 Å². The second-order valence-corrected chi connectivity index (χ2v) is 9.61. The summed E-state index contributed by atoms with van der Waals surface area (Å²) >= 11 is 1.38. The number of aromatic amines is 1. The highest BCUT2D eigenvalue weighted by Crippen LogP contribution is 2.28. The summed E-state index contributed by atoms with van der Waals surface area (Å²) in [5.41, 5.74) is 4.89. The first-order valence-electron chi connectivity index (χ1n) is 10.3. The fourth-order valence-electron chi connectivity index (χ4n) is 3.45. The molecule has 0 amide bonds. The molecule has 0 saturated heterocycles. The van der Waals surface area contributed by atoms with Crippen LogP contribution in [0.2, 0.25) is 0 Å². The number of rotatable bonds is 3. The van der Waals surface area contributed by atoms with Crippen molar-refractivity contribution in [1.82, 2.24) is 0 Å². The Kier molecular flexibility index (Phi) is 7.13. The van der Waals surface area contributed by atoms with Gasteiger partial charge in [-0.2, -0.15) is 0 Å². The number of nitro groups is 1. The fourth-order valence-corrected chi connectivity index (χ4v) is 4.37. The minimum Gasteiger partial charge on any atom is -0.456 e. The summed E-state index contributed by atoms with van der Waals surface area (Å²) in [6, 6.07) is 20.9. The van der Waals surface area contributed by atoms with Crippen molar-refractivity contribution < 1.29 is 43.2 Å². The molecular weight excluding hydrogens is 510 g/mol. The molecule has 0 fully saturated rings. The number of halogens is 1. The zero-order valence-electron chi connectivity index (χ0n) is 18.9. The van der Waals surface area contributed by atoms with Gasteiger partial charge in [0.25, 0.3) is 5.69 Å². The van der Waals surface area contributed by atoms with Crippen molar-refractivity contribution in [2.75, 3.05) is 0 Å². The Hall–Kier alpha value is -3.71. The van der Waals surface area contributed by atoms with E-state index in [4.69, 9.17) is 28.0 Å². The van der Waals surface area contributed by atoms with Gasteiger partial charge in [-0.3, -0.25) is 10.1 Å². The third kappa shape index (κ3) is 6.29. The molecule has 0 unspecified atom stereocenters. The van der Waals surface area contributed by atoms with Gasteiger partial charge in [-0.05, 0) is 48.4 Å². The van der Waals surface area contributed by atoms with E-state index in [2.05, 4.69) is 11.1 Å². The summed E-state index contributed by atoms with van der Waals surface area (Å²) in [4.78, 5) is 18.8. The van der Waals surface area contributed by atoms with Crippen LogP contribution in [0.4, 0.5) is 10.8 Å². The Morgan fingerprint density at radius 1 is 0.917 bits per heavy atom. The van der Waals surface area contributed by atoms with Gasteiger partial charge in [0, 0.05) is 23.8 Å². The monoisotopic (exact) mass is 527 g/mol. The average molecular weight is 528 g/mol. The Morgan fingerprint density at radius 2 is 1.58 bits per heavy atom. The van der Waals surface area contributed by atoms with Crippen molar-refractivity contribution in [3.63, 3.8) is 0 Å². The normalized spacial score (nSPS) is 12.0. The lowest BCUT2D eigenvalue weighted by Gasteiger charge is -2.17. The van der Waals surface area contributed by atoms with Crippen LogP contribution in [0.3, 0.4) is 0 Å². The highest BCUT2D eigenvalue weighted by molar-refractivity contribution is 7.21. The lowest BCUT2D eigenvalue weighted by atomic mass is 10.1. The van der Waals surface area contributed by atoms with E-state index in [9.17, 15) is 10.1 Å². The van der Waals surface area contributed by atoms with E-state index in [-0.39, 0.29) is 5.69 Å². The molecular formula is C24H18ClN3O7S. The maximum Gasteiger partial charge on any atom is 0.381 e. The van der Waals surface area contributed by atoms with Crippen LogP contribution in [-0.4, -0.2) is 4.92 Å². The Labute approximate surface area is 209 Å². The molecule has 12 heteroatoms. The zero-order valence-corrected chi connectivity index (χ0v) is 20.5. The number of nitrogens with zero attached hydrogens (tertiary/aromatic N) is 2. The molecule has 1 N–H and O–H groups in total. The molecule has 0 aliphatic rings. The van der Waals surface area contributed by atoms with Gasteiger partial charge >= 0.3 is 5.13 Å². The predicted molar refractivity (Wildman–Crippen MR) is 121 cm³/mol. The van der Waals surface area contributed by atoms with E-state index in [1.807, 2.05) is 56.3 Å². The molecule has 2 heterocycles. The average Bonchev–Trinajstić information content (AvgIpc) is 3.20. The molecule has 0 radical (unpaired) electrons. The molecule has 0 saturated carbocycles. The summed E-state index contributed by atoms with van der Waals surface area (Å²) in [5.74, 6) is 0.729. The summed E-state index contributed by atoms with van der Waals surface area (Å²) in [5, 5.41) is 13.4. The smallest absolute Gasteiger partial charge is 0.381 e. The van der Waals surface area contributed by atoms with Crippen LogP contribution in [0.25, 0.3) is 32.5 Å². The largest absolute Gasteiger partial charge is 0.456 e. The number of benzene rings is 3. The van der Waals surface area contributed by atoms with E-state index in [0.29, 0.717) is 5.13 Å². The molecule has 0 atom stereocenters. The van der Waals surface area contributed by atoms with Crippen LogP contribution in [0.1, 0.15) is 11.1 Å². The van der Waals surface area contributed by atoms with Crippen LogP contribution >= 0.6 is 11.3 Å². The summed E-state index contributed by atoms with van der Waals surface area (Å²) < 4.78 is 40.9. The third-order valence-corrected chi connectivity index (χ3v) is 6.03. The minimum atomic E-state index is -4.94. The molecule has 36 heavy (non-hydrogen) atoms. The number of H-pyrrole nitrogens is 1. The number of hydrogen-bond donors (Lipinski definition) is 0. The van der Waals surface area contributed by atoms with Crippen molar-refractivity contribution in [3.8, 4) is 11.3 Å². The molecule has 0 aliphatic heterocycles. The number of nitrogens with one attached hydrogen (secondary N) is 1. The molecule has 0 aliphatic carbocycles. The lowest BCUT2D eigenvalue weighted by molar-refractivity contribution is -2.00. The summed E-state index contributed by atoms with van der Waals surface area (Å²) in [7, 11) is -4.94. The van der Waals surface area contributed by atoms with Gasteiger partial charge in [-0.1, -0.05) is 41.5 Å². The van der Waals surface area contributed by atoms with E-state index in [1.54, 1.807) is 12.1 Å². The fraction of sp³-hybridized carbons (Fsp3) is 0.0833. The van der Waals surface area contributed by atoms with Crippen molar-refractivity contribution in [3.05, 3.63) is 93.3 Å².